The summed E-state index contributed by atoms with van der Waals surface area (Å²) in [5.74, 6) is -2.52. The first-order valence-corrected chi connectivity index (χ1v) is 5.28. The summed E-state index contributed by atoms with van der Waals surface area (Å²) in [6.45, 7) is 1.63. The van der Waals surface area contributed by atoms with Crippen LogP contribution in [0.4, 0.5) is 4.39 Å². The zero-order valence-corrected chi connectivity index (χ0v) is 10.1. The van der Waals surface area contributed by atoms with Gasteiger partial charge in [0.1, 0.15) is 0 Å². The summed E-state index contributed by atoms with van der Waals surface area (Å²) < 4.78 is 13.7. The second kappa shape index (κ2) is 4.80. The lowest BCUT2D eigenvalue weighted by molar-refractivity contribution is -0.137. The predicted molar refractivity (Wildman–Crippen MR) is 59.7 cm³/mol. The molecule has 0 aliphatic rings. The zero-order chi connectivity index (χ0) is 12.5. The van der Waals surface area contributed by atoms with E-state index in [1.165, 1.54) is 0 Å². The number of aromatic hydroxyl groups is 1. The van der Waals surface area contributed by atoms with E-state index >= 15 is 0 Å². The molecule has 4 nitrogen and oxygen atoms in total. The third kappa shape index (κ3) is 2.51. The Morgan fingerprint density at radius 2 is 2.25 bits per heavy atom. The van der Waals surface area contributed by atoms with Crippen LogP contribution in [0.25, 0.3) is 0 Å². The first-order chi connectivity index (χ1) is 7.34. The summed E-state index contributed by atoms with van der Waals surface area (Å²) in [6, 6.07) is 0.172. The molecule has 0 radical (unpaired) electrons. The Kier molecular flexibility index (Phi) is 3.88. The molecule has 1 unspecified atom stereocenters. The molecule has 0 aliphatic heterocycles. The fourth-order valence-corrected chi connectivity index (χ4v) is 1.88. The number of carboxylic acids is 1. The van der Waals surface area contributed by atoms with Crippen LogP contribution in [0.2, 0.25) is 0 Å². The normalized spacial score (nSPS) is 12.5. The van der Waals surface area contributed by atoms with Gasteiger partial charge in [-0.05, 0) is 18.6 Å². The standard InChI is InChI=1S/C10H11BrFNO3/c1-4-5(11)2-6(12)10(16)9(4)7(13)3-8(14)15/h2,7,16H,3,13H2,1H3,(H,14,15). The van der Waals surface area contributed by atoms with Crippen LogP contribution >= 0.6 is 15.9 Å². The van der Waals surface area contributed by atoms with Crippen LogP contribution in [-0.2, 0) is 4.79 Å². The van der Waals surface area contributed by atoms with Crippen LogP contribution in [-0.4, -0.2) is 16.2 Å². The predicted octanol–water partition coefficient (Wildman–Crippen LogP) is 2.08. The molecular weight excluding hydrogens is 281 g/mol. The van der Waals surface area contributed by atoms with Gasteiger partial charge < -0.3 is 15.9 Å². The van der Waals surface area contributed by atoms with Crippen LogP contribution in [0, 0.1) is 12.7 Å². The average Bonchev–Trinajstić information content (AvgIpc) is 2.14. The van der Waals surface area contributed by atoms with E-state index in [9.17, 15) is 14.3 Å². The minimum Gasteiger partial charge on any atom is -0.505 e. The lowest BCUT2D eigenvalue weighted by Gasteiger charge is -2.16. The number of aliphatic carboxylic acids is 1. The summed E-state index contributed by atoms with van der Waals surface area (Å²) in [5.41, 5.74) is 6.26. The van der Waals surface area contributed by atoms with E-state index in [0.29, 0.717) is 10.0 Å². The molecule has 0 aliphatic carbocycles. The number of carboxylic acid groups (broad SMARTS) is 1. The topological polar surface area (TPSA) is 83.5 Å². The van der Waals surface area contributed by atoms with E-state index in [1.807, 2.05) is 0 Å². The third-order valence-corrected chi connectivity index (χ3v) is 3.09. The van der Waals surface area contributed by atoms with Gasteiger partial charge in [0.25, 0.3) is 0 Å². The Hall–Kier alpha value is -1.14. The Balaban J connectivity index is 3.26. The van der Waals surface area contributed by atoms with E-state index in [1.54, 1.807) is 6.92 Å². The molecule has 0 saturated carbocycles. The maximum absolute atomic E-state index is 13.2. The number of phenols is 1. The van der Waals surface area contributed by atoms with Crippen LogP contribution < -0.4 is 5.73 Å². The fraction of sp³-hybridized carbons (Fsp3) is 0.300. The Morgan fingerprint density at radius 3 is 2.75 bits per heavy atom. The molecule has 0 heterocycles. The maximum atomic E-state index is 13.2. The van der Waals surface area contributed by atoms with Crippen molar-refractivity contribution >= 4 is 21.9 Å². The first kappa shape index (κ1) is 12.9. The summed E-state index contributed by atoms with van der Waals surface area (Å²) in [6.07, 6.45) is -0.371. The minimum atomic E-state index is -1.10. The second-order valence-corrected chi connectivity index (χ2v) is 4.29. The van der Waals surface area contributed by atoms with Gasteiger partial charge in [-0.25, -0.2) is 4.39 Å². The molecule has 6 heteroatoms. The van der Waals surface area contributed by atoms with Gasteiger partial charge in [-0.3, -0.25) is 4.79 Å². The number of rotatable bonds is 3. The van der Waals surface area contributed by atoms with Gasteiger partial charge in [0.15, 0.2) is 11.6 Å². The molecule has 88 valence electrons. The van der Waals surface area contributed by atoms with Crippen molar-refractivity contribution in [3.8, 4) is 5.75 Å². The van der Waals surface area contributed by atoms with Crippen molar-refractivity contribution in [1.29, 1.82) is 0 Å². The van der Waals surface area contributed by atoms with Crippen LogP contribution in [0.1, 0.15) is 23.6 Å². The van der Waals surface area contributed by atoms with Gasteiger partial charge in [0.05, 0.1) is 6.42 Å². The van der Waals surface area contributed by atoms with Crippen molar-refractivity contribution < 1.29 is 19.4 Å². The number of hydrogen-bond acceptors (Lipinski definition) is 3. The van der Waals surface area contributed by atoms with Gasteiger partial charge in [-0.15, -0.1) is 0 Å². The number of hydrogen-bond donors (Lipinski definition) is 3. The number of carbonyl (C=O) groups is 1. The van der Waals surface area contributed by atoms with E-state index in [0.717, 1.165) is 6.07 Å². The third-order valence-electron chi connectivity index (χ3n) is 2.26. The molecule has 1 aromatic rings. The SMILES string of the molecule is Cc1c(Br)cc(F)c(O)c1C(N)CC(=O)O. The molecule has 0 amide bonds. The average molecular weight is 292 g/mol. The molecule has 16 heavy (non-hydrogen) atoms. The number of halogens is 2. The van der Waals surface area contributed by atoms with E-state index in [-0.39, 0.29) is 12.0 Å². The molecule has 0 aromatic heterocycles. The van der Waals surface area contributed by atoms with Gasteiger partial charge in [0.2, 0.25) is 0 Å². The van der Waals surface area contributed by atoms with Gasteiger partial charge in [-0.1, -0.05) is 15.9 Å². The molecule has 0 spiro atoms. The highest BCUT2D eigenvalue weighted by molar-refractivity contribution is 9.10. The molecule has 1 atom stereocenters. The van der Waals surface area contributed by atoms with Crippen molar-refractivity contribution in [2.24, 2.45) is 5.73 Å². The number of benzene rings is 1. The Labute approximate surface area is 100 Å². The highest BCUT2D eigenvalue weighted by Crippen LogP contribution is 2.35. The quantitative estimate of drug-likeness (QED) is 0.796. The van der Waals surface area contributed by atoms with Gasteiger partial charge in [-0.2, -0.15) is 0 Å². The lowest BCUT2D eigenvalue weighted by Crippen LogP contribution is -2.17. The highest BCUT2D eigenvalue weighted by Gasteiger charge is 2.21. The summed E-state index contributed by atoms with van der Waals surface area (Å²) in [5, 5.41) is 18.1. The Morgan fingerprint density at radius 1 is 1.69 bits per heavy atom. The smallest absolute Gasteiger partial charge is 0.305 e. The number of nitrogens with two attached hydrogens (primary N) is 1. The van der Waals surface area contributed by atoms with Crippen molar-refractivity contribution in [1.82, 2.24) is 0 Å². The van der Waals surface area contributed by atoms with Crippen molar-refractivity contribution in [3.63, 3.8) is 0 Å². The molecule has 0 saturated heterocycles. The Bertz CT molecular complexity index is 410. The number of phenolic OH excluding ortho intramolecular Hbond substituents is 1. The van der Waals surface area contributed by atoms with Crippen molar-refractivity contribution in [3.05, 3.63) is 27.5 Å². The van der Waals surface area contributed by atoms with Crippen molar-refractivity contribution in [2.45, 2.75) is 19.4 Å². The lowest BCUT2D eigenvalue weighted by atomic mass is 9.98. The molecule has 1 rings (SSSR count). The monoisotopic (exact) mass is 291 g/mol. The van der Waals surface area contributed by atoms with Crippen LogP contribution in [0.5, 0.6) is 5.75 Å². The van der Waals surface area contributed by atoms with Crippen molar-refractivity contribution in [2.75, 3.05) is 0 Å². The molecule has 0 fully saturated rings. The maximum Gasteiger partial charge on any atom is 0.305 e. The van der Waals surface area contributed by atoms with Crippen LogP contribution in [0.15, 0.2) is 10.5 Å². The van der Waals surface area contributed by atoms with E-state index < -0.39 is 23.6 Å². The minimum absolute atomic E-state index is 0.120. The van der Waals surface area contributed by atoms with Gasteiger partial charge in [0, 0.05) is 16.1 Å². The summed E-state index contributed by atoms with van der Waals surface area (Å²) in [7, 11) is 0. The first-order valence-electron chi connectivity index (χ1n) is 4.49. The summed E-state index contributed by atoms with van der Waals surface area (Å²) >= 11 is 3.11. The molecular formula is C10H11BrFNO3. The molecule has 4 N–H and O–H groups in total. The van der Waals surface area contributed by atoms with Gasteiger partial charge >= 0.3 is 5.97 Å². The largest absolute Gasteiger partial charge is 0.505 e. The molecule has 0 bridgehead atoms. The zero-order valence-electron chi connectivity index (χ0n) is 8.50. The second-order valence-electron chi connectivity index (χ2n) is 3.43. The summed E-state index contributed by atoms with van der Waals surface area (Å²) in [4.78, 5) is 10.5. The fourth-order valence-electron chi connectivity index (χ4n) is 1.47. The highest BCUT2D eigenvalue weighted by atomic mass is 79.9. The van der Waals surface area contributed by atoms with Crippen LogP contribution in [0.3, 0.4) is 0 Å². The van der Waals surface area contributed by atoms with E-state index in [2.05, 4.69) is 15.9 Å². The van der Waals surface area contributed by atoms with E-state index in [4.69, 9.17) is 10.8 Å². The molecule has 1 aromatic carbocycles.